The maximum absolute atomic E-state index is 12.7. The van der Waals surface area contributed by atoms with Gasteiger partial charge in [-0.3, -0.25) is 4.79 Å². The first-order chi connectivity index (χ1) is 11.2. The van der Waals surface area contributed by atoms with Crippen molar-refractivity contribution in [3.63, 3.8) is 0 Å². The van der Waals surface area contributed by atoms with E-state index in [0.29, 0.717) is 25.3 Å². The zero-order chi connectivity index (χ0) is 17.8. The number of pyridine rings is 1. The van der Waals surface area contributed by atoms with E-state index in [1.165, 1.54) is 0 Å². The lowest BCUT2D eigenvalue weighted by atomic mass is 9.73. The van der Waals surface area contributed by atoms with Crippen molar-refractivity contribution in [1.29, 1.82) is 0 Å². The van der Waals surface area contributed by atoms with E-state index in [1.54, 1.807) is 13.3 Å². The lowest BCUT2D eigenvalue weighted by Gasteiger charge is -2.39. The number of esters is 1. The van der Waals surface area contributed by atoms with Crippen LogP contribution in [0.25, 0.3) is 0 Å². The molecule has 0 amide bonds. The quantitative estimate of drug-likeness (QED) is 0.696. The van der Waals surface area contributed by atoms with Gasteiger partial charge in [0.2, 0.25) is 5.88 Å². The van der Waals surface area contributed by atoms with Crippen molar-refractivity contribution in [3.8, 4) is 5.88 Å². The fourth-order valence-corrected chi connectivity index (χ4v) is 3.17. The van der Waals surface area contributed by atoms with Gasteiger partial charge >= 0.3 is 5.97 Å². The third-order valence-corrected chi connectivity index (χ3v) is 4.60. The maximum atomic E-state index is 12.7. The van der Waals surface area contributed by atoms with Gasteiger partial charge in [0.15, 0.2) is 0 Å². The fraction of sp³-hybridized carbons (Fsp3) is 0.667. The number of ether oxygens (including phenoxy) is 3. The van der Waals surface area contributed by atoms with Crippen molar-refractivity contribution < 1.29 is 19.0 Å². The molecule has 1 fully saturated rings. The molecule has 2 rings (SSSR count). The fourth-order valence-electron chi connectivity index (χ4n) is 2.93. The number of hydrogen-bond acceptors (Lipinski definition) is 5. The van der Waals surface area contributed by atoms with E-state index in [-0.39, 0.29) is 12.1 Å². The lowest BCUT2D eigenvalue weighted by Crippen LogP contribution is -2.45. The Balaban J connectivity index is 1.98. The second-order valence-corrected chi connectivity index (χ2v) is 8.26. The van der Waals surface area contributed by atoms with Gasteiger partial charge in [-0.2, -0.15) is 0 Å². The van der Waals surface area contributed by atoms with E-state index >= 15 is 0 Å². The minimum Gasteiger partial charge on any atom is -0.474 e. The van der Waals surface area contributed by atoms with Gasteiger partial charge in [-0.25, -0.2) is 4.98 Å². The Labute approximate surface area is 152 Å². The van der Waals surface area contributed by atoms with E-state index in [0.717, 1.165) is 17.3 Å². The monoisotopic (exact) mass is 399 g/mol. The zero-order valence-corrected chi connectivity index (χ0v) is 16.4. The molecule has 1 saturated carbocycles. The SMILES string of the molecule is COC[C@]1(C(=O)OC(C)(C)C)CC[C@H](Oc2ccc(Br)cn2)CC1. The van der Waals surface area contributed by atoms with Crippen molar-refractivity contribution in [1.82, 2.24) is 4.98 Å². The van der Waals surface area contributed by atoms with Gasteiger partial charge in [0.1, 0.15) is 11.7 Å². The first-order valence-electron chi connectivity index (χ1n) is 8.25. The third kappa shape index (κ3) is 5.18. The molecule has 1 heterocycles. The molecule has 0 radical (unpaired) electrons. The highest BCUT2D eigenvalue weighted by Gasteiger charge is 2.45. The van der Waals surface area contributed by atoms with Crippen LogP contribution < -0.4 is 4.74 Å². The van der Waals surface area contributed by atoms with Crippen molar-refractivity contribution >= 4 is 21.9 Å². The molecule has 0 aliphatic heterocycles. The molecular weight excluding hydrogens is 374 g/mol. The van der Waals surface area contributed by atoms with Crippen molar-refractivity contribution in [2.45, 2.75) is 58.2 Å². The first kappa shape index (κ1) is 19.2. The predicted molar refractivity (Wildman–Crippen MR) is 95.0 cm³/mol. The number of hydrogen-bond donors (Lipinski definition) is 0. The number of rotatable bonds is 5. The van der Waals surface area contributed by atoms with Gasteiger partial charge in [0.25, 0.3) is 0 Å². The van der Waals surface area contributed by atoms with E-state index in [4.69, 9.17) is 14.2 Å². The van der Waals surface area contributed by atoms with Gasteiger partial charge < -0.3 is 14.2 Å². The van der Waals surface area contributed by atoms with E-state index in [9.17, 15) is 4.79 Å². The summed E-state index contributed by atoms with van der Waals surface area (Å²) in [7, 11) is 1.63. The summed E-state index contributed by atoms with van der Waals surface area (Å²) in [4.78, 5) is 16.9. The molecule has 1 aliphatic rings. The van der Waals surface area contributed by atoms with Crippen LogP contribution in [0.3, 0.4) is 0 Å². The summed E-state index contributed by atoms with van der Waals surface area (Å²) in [6.07, 6.45) is 4.72. The lowest BCUT2D eigenvalue weighted by molar-refractivity contribution is -0.175. The Morgan fingerprint density at radius 1 is 1.33 bits per heavy atom. The Bertz CT molecular complexity index is 545. The van der Waals surface area contributed by atoms with Crippen molar-refractivity contribution in [2.75, 3.05) is 13.7 Å². The molecular formula is C18H26BrNO4. The molecule has 0 saturated heterocycles. The number of aromatic nitrogens is 1. The Kier molecular flexibility index (Phi) is 6.26. The molecule has 5 nitrogen and oxygen atoms in total. The van der Waals surface area contributed by atoms with Crippen LogP contribution in [0.2, 0.25) is 0 Å². The van der Waals surface area contributed by atoms with Gasteiger partial charge in [-0.15, -0.1) is 0 Å². The smallest absolute Gasteiger partial charge is 0.314 e. The summed E-state index contributed by atoms with van der Waals surface area (Å²) >= 11 is 3.36. The second kappa shape index (κ2) is 7.83. The molecule has 0 aromatic carbocycles. The average molecular weight is 400 g/mol. The standard InChI is InChI=1S/C18H26BrNO4/c1-17(2,3)24-16(21)18(12-22-4)9-7-14(8-10-18)23-15-6-5-13(19)11-20-15/h5-6,11,14H,7-10,12H2,1-4H3/t14-,18-. The van der Waals surface area contributed by atoms with Crippen LogP contribution in [-0.4, -0.2) is 36.4 Å². The first-order valence-corrected chi connectivity index (χ1v) is 9.04. The van der Waals surface area contributed by atoms with Crippen LogP contribution in [0.15, 0.2) is 22.8 Å². The average Bonchev–Trinajstić information content (AvgIpc) is 2.50. The van der Waals surface area contributed by atoms with Crippen molar-refractivity contribution in [3.05, 3.63) is 22.8 Å². The largest absolute Gasteiger partial charge is 0.474 e. The van der Waals surface area contributed by atoms with Gasteiger partial charge in [0, 0.05) is 23.8 Å². The topological polar surface area (TPSA) is 57.7 Å². The molecule has 1 aromatic rings. The van der Waals surface area contributed by atoms with Gasteiger partial charge in [0.05, 0.1) is 12.0 Å². The molecule has 0 unspecified atom stereocenters. The normalized spacial score (nSPS) is 24.5. The van der Waals surface area contributed by atoms with Gasteiger partial charge in [-0.1, -0.05) is 0 Å². The Morgan fingerprint density at radius 3 is 2.50 bits per heavy atom. The van der Waals surface area contributed by atoms with E-state index in [2.05, 4.69) is 20.9 Å². The summed E-state index contributed by atoms with van der Waals surface area (Å²) in [5.74, 6) is 0.441. The van der Waals surface area contributed by atoms with E-state index in [1.807, 2.05) is 32.9 Å². The van der Waals surface area contributed by atoms with Crippen LogP contribution in [-0.2, 0) is 14.3 Å². The molecule has 0 spiro atoms. The summed E-state index contributed by atoms with van der Waals surface area (Å²) in [5.41, 5.74) is -1.07. The molecule has 1 aliphatic carbocycles. The Morgan fingerprint density at radius 2 is 2.00 bits per heavy atom. The molecule has 134 valence electrons. The van der Waals surface area contributed by atoms with Crippen LogP contribution in [0, 0.1) is 5.41 Å². The van der Waals surface area contributed by atoms with Gasteiger partial charge in [-0.05, 0) is 68.5 Å². The number of methoxy groups -OCH3 is 1. The zero-order valence-electron chi connectivity index (χ0n) is 14.8. The van der Waals surface area contributed by atoms with Crippen LogP contribution in [0.1, 0.15) is 46.5 Å². The summed E-state index contributed by atoms with van der Waals surface area (Å²) in [6, 6.07) is 3.75. The minimum atomic E-state index is -0.574. The second-order valence-electron chi connectivity index (χ2n) is 7.35. The van der Waals surface area contributed by atoms with Crippen LogP contribution in [0.5, 0.6) is 5.88 Å². The summed E-state index contributed by atoms with van der Waals surface area (Å²) in [5, 5.41) is 0. The molecule has 24 heavy (non-hydrogen) atoms. The minimum absolute atomic E-state index is 0.0612. The number of carbonyl (C=O) groups excluding carboxylic acids is 1. The predicted octanol–water partition coefficient (Wildman–Crippen LogP) is 4.14. The number of carbonyl (C=O) groups is 1. The molecule has 1 aromatic heterocycles. The highest BCUT2D eigenvalue weighted by atomic mass is 79.9. The molecule has 0 N–H and O–H groups in total. The summed E-state index contributed by atoms with van der Waals surface area (Å²) < 4.78 is 17.8. The number of nitrogens with zero attached hydrogens (tertiary/aromatic N) is 1. The molecule has 0 atom stereocenters. The number of halogens is 1. The molecule has 6 heteroatoms. The van der Waals surface area contributed by atoms with Crippen molar-refractivity contribution in [2.24, 2.45) is 5.41 Å². The summed E-state index contributed by atoms with van der Waals surface area (Å²) in [6.45, 7) is 6.04. The van der Waals surface area contributed by atoms with E-state index < -0.39 is 11.0 Å². The third-order valence-electron chi connectivity index (χ3n) is 4.13. The maximum Gasteiger partial charge on any atom is 0.314 e. The van der Waals surface area contributed by atoms with Crippen LogP contribution >= 0.6 is 15.9 Å². The highest BCUT2D eigenvalue weighted by Crippen LogP contribution is 2.40. The van der Waals surface area contributed by atoms with Crippen LogP contribution in [0.4, 0.5) is 0 Å². The highest BCUT2D eigenvalue weighted by molar-refractivity contribution is 9.10. The Hall–Kier alpha value is -1.14. The molecule has 0 bridgehead atoms.